The molecule has 1 amide bonds. The summed E-state index contributed by atoms with van der Waals surface area (Å²) < 4.78 is 2.77. The second kappa shape index (κ2) is 8.18. The maximum atomic E-state index is 12.6. The van der Waals surface area contributed by atoms with Crippen LogP contribution in [-0.4, -0.2) is 16.5 Å². The molecule has 4 nitrogen and oxygen atoms in total. The molecule has 3 rings (SSSR count). The van der Waals surface area contributed by atoms with E-state index in [1.54, 1.807) is 0 Å². The molecule has 0 saturated heterocycles. The molecular weight excluding hydrogens is 342 g/mol. The van der Waals surface area contributed by atoms with Gasteiger partial charge in [-0.25, -0.2) is 0 Å². The fourth-order valence-electron chi connectivity index (χ4n) is 4.29. The van der Waals surface area contributed by atoms with Crippen LogP contribution in [-0.2, 0) is 4.79 Å². The molecule has 2 heterocycles. The van der Waals surface area contributed by atoms with Gasteiger partial charge in [-0.1, -0.05) is 50.4 Å². The molecule has 2 unspecified atom stereocenters. The molecular formula is C21H27N3OS. The number of hydrogen-bond acceptors (Lipinski definition) is 3. The van der Waals surface area contributed by atoms with Crippen molar-refractivity contribution in [3.63, 3.8) is 0 Å². The van der Waals surface area contributed by atoms with Gasteiger partial charge in [0.25, 0.3) is 5.91 Å². The van der Waals surface area contributed by atoms with Crippen molar-refractivity contribution >= 4 is 23.7 Å². The molecule has 1 N–H and O–H groups in total. The Morgan fingerprint density at radius 1 is 1.23 bits per heavy atom. The van der Waals surface area contributed by atoms with Gasteiger partial charge in [0.15, 0.2) is 0 Å². The third-order valence-corrected chi connectivity index (χ3v) is 6.06. The fraction of sp³-hybridized carbons (Fsp3) is 0.571. The Hall–Kier alpha value is -1.93. The highest BCUT2D eigenvalue weighted by atomic mass is 32.1. The zero-order valence-electron chi connectivity index (χ0n) is 15.6. The Labute approximate surface area is 160 Å². The van der Waals surface area contributed by atoms with Crippen molar-refractivity contribution in [2.24, 2.45) is 5.92 Å². The highest BCUT2D eigenvalue weighted by Crippen LogP contribution is 2.39. The molecule has 2 aliphatic rings. The van der Waals surface area contributed by atoms with Crippen molar-refractivity contribution in [3.8, 4) is 6.07 Å². The summed E-state index contributed by atoms with van der Waals surface area (Å²) in [5.74, 6) is -0.0671. The fourth-order valence-corrected chi connectivity index (χ4v) is 4.74. The predicted octanol–water partition coefficient (Wildman–Crippen LogP) is 4.93. The number of aromatic nitrogens is 1. The molecule has 0 spiro atoms. The third-order valence-electron chi connectivity index (χ3n) is 5.63. The first-order valence-electron chi connectivity index (χ1n) is 9.71. The van der Waals surface area contributed by atoms with Gasteiger partial charge in [-0.05, 0) is 38.3 Å². The van der Waals surface area contributed by atoms with Crippen LogP contribution in [0.25, 0.3) is 5.57 Å². The highest BCUT2D eigenvalue weighted by Gasteiger charge is 2.36. The zero-order valence-corrected chi connectivity index (χ0v) is 16.4. The lowest BCUT2D eigenvalue weighted by molar-refractivity contribution is -0.118. The standard InChI is InChI=1S/C21H27N3OS/c1-14(2)24-12-8-10-16(21(24)26)19-15-9-6-4-3-5-7-11-18(15)23-20(25)17(19)13-22/h8,10,12,14-15,18H,3-7,9,11H2,1-2H3,(H,23,25). The molecule has 1 saturated carbocycles. The van der Waals surface area contributed by atoms with E-state index >= 15 is 0 Å². The summed E-state index contributed by atoms with van der Waals surface area (Å²) in [6, 6.07) is 6.48. The molecule has 1 aromatic rings. The van der Waals surface area contributed by atoms with E-state index in [4.69, 9.17) is 12.2 Å². The normalized spacial score (nSPS) is 24.2. The summed E-state index contributed by atoms with van der Waals surface area (Å²) in [7, 11) is 0. The molecule has 0 aromatic carbocycles. The molecule has 0 bridgehead atoms. The highest BCUT2D eigenvalue weighted by molar-refractivity contribution is 7.71. The van der Waals surface area contributed by atoms with Crippen LogP contribution in [0.3, 0.4) is 0 Å². The van der Waals surface area contributed by atoms with Crippen molar-refractivity contribution in [2.45, 2.75) is 70.9 Å². The number of carbonyl (C=O) groups is 1. The van der Waals surface area contributed by atoms with Gasteiger partial charge in [0.05, 0.1) is 0 Å². The minimum absolute atomic E-state index is 0.106. The zero-order chi connectivity index (χ0) is 18.7. The van der Waals surface area contributed by atoms with Crippen LogP contribution in [0, 0.1) is 21.9 Å². The molecule has 1 aliphatic heterocycles. The molecule has 138 valence electrons. The van der Waals surface area contributed by atoms with Crippen LogP contribution in [0.5, 0.6) is 0 Å². The maximum absolute atomic E-state index is 12.6. The van der Waals surface area contributed by atoms with E-state index in [1.165, 1.54) is 19.3 Å². The number of nitrogens with one attached hydrogen (secondary N) is 1. The first-order valence-corrected chi connectivity index (χ1v) is 10.1. The number of hydrogen-bond donors (Lipinski definition) is 1. The summed E-state index contributed by atoms with van der Waals surface area (Å²) in [4.78, 5) is 12.6. The summed E-state index contributed by atoms with van der Waals surface area (Å²) >= 11 is 5.76. The topological polar surface area (TPSA) is 57.8 Å². The van der Waals surface area contributed by atoms with Gasteiger partial charge in [-0.15, -0.1) is 0 Å². The molecule has 26 heavy (non-hydrogen) atoms. The minimum atomic E-state index is -0.239. The van der Waals surface area contributed by atoms with Crippen LogP contribution in [0.2, 0.25) is 0 Å². The van der Waals surface area contributed by atoms with E-state index in [0.717, 1.165) is 41.5 Å². The van der Waals surface area contributed by atoms with Gasteiger partial charge in [-0.2, -0.15) is 5.26 Å². The smallest absolute Gasteiger partial charge is 0.262 e. The second-order valence-electron chi connectivity index (χ2n) is 7.66. The number of carbonyl (C=O) groups excluding carboxylic acids is 1. The molecule has 1 fully saturated rings. The maximum Gasteiger partial charge on any atom is 0.262 e. The molecule has 1 aliphatic carbocycles. The largest absolute Gasteiger partial charge is 0.348 e. The Balaban J connectivity index is 2.17. The lowest BCUT2D eigenvalue weighted by Gasteiger charge is -2.35. The number of fused-ring (bicyclic) bond motifs is 1. The minimum Gasteiger partial charge on any atom is -0.348 e. The Kier molecular flexibility index (Phi) is 5.93. The van der Waals surface area contributed by atoms with E-state index in [1.807, 2.05) is 22.9 Å². The van der Waals surface area contributed by atoms with E-state index in [0.29, 0.717) is 0 Å². The van der Waals surface area contributed by atoms with Crippen LogP contribution < -0.4 is 5.32 Å². The summed E-state index contributed by atoms with van der Waals surface area (Å²) in [6.07, 6.45) is 9.89. The van der Waals surface area contributed by atoms with Gasteiger partial charge in [0.2, 0.25) is 0 Å². The molecule has 2 atom stereocenters. The van der Waals surface area contributed by atoms with Crippen molar-refractivity contribution in [1.82, 2.24) is 9.88 Å². The molecule has 1 aromatic heterocycles. The van der Waals surface area contributed by atoms with Crippen molar-refractivity contribution in [2.75, 3.05) is 0 Å². The number of nitrogens with zero attached hydrogens (tertiary/aromatic N) is 2. The van der Waals surface area contributed by atoms with Crippen molar-refractivity contribution in [3.05, 3.63) is 34.1 Å². The average molecular weight is 370 g/mol. The van der Waals surface area contributed by atoms with Gasteiger partial charge in [0.1, 0.15) is 16.3 Å². The summed E-state index contributed by atoms with van der Waals surface area (Å²) in [5.41, 5.74) is 2.01. The van der Waals surface area contributed by atoms with E-state index in [2.05, 4.69) is 25.2 Å². The predicted molar refractivity (Wildman–Crippen MR) is 106 cm³/mol. The number of amides is 1. The van der Waals surface area contributed by atoms with Crippen LogP contribution in [0.1, 0.15) is 70.4 Å². The summed E-state index contributed by atoms with van der Waals surface area (Å²) in [6.45, 7) is 4.19. The SMILES string of the molecule is CC(C)n1cccc(C2=C(C#N)C(=O)NC3CCCCCCCC23)c1=S. The van der Waals surface area contributed by atoms with Gasteiger partial charge >= 0.3 is 0 Å². The third kappa shape index (κ3) is 3.61. The second-order valence-corrected chi connectivity index (χ2v) is 8.05. The number of nitriles is 1. The Morgan fingerprint density at radius 2 is 1.92 bits per heavy atom. The monoisotopic (exact) mass is 369 g/mol. The average Bonchev–Trinajstić information content (AvgIpc) is 2.72. The first kappa shape index (κ1) is 18.8. The van der Waals surface area contributed by atoms with Crippen LogP contribution >= 0.6 is 12.2 Å². The molecule has 5 heteroatoms. The van der Waals surface area contributed by atoms with E-state index < -0.39 is 0 Å². The number of pyridine rings is 1. The number of rotatable bonds is 2. The van der Waals surface area contributed by atoms with Crippen molar-refractivity contribution < 1.29 is 4.79 Å². The van der Waals surface area contributed by atoms with Gasteiger partial charge in [0, 0.05) is 29.8 Å². The lowest BCUT2D eigenvalue weighted by atomic mass is 9.77. The first-order chi connectivity index (χ1) is 12.5. The van der Waals surface area contributed by atoms with E-state index in [9.17, 15) is 10.1 Å². The van der Waals surface area contributed by atoms with Crippen LogP contribution in [0.4, 0.5) is 0 Å². The van der Waals surface area contributed by atoms with Crippen LogP contribution in [0.15, 0.2) is 23.9 Å². The van der Waals surface area contributed by atoms with E-state index in [-0.39, 0.29) is 29.5 Å². The lowest BCUT2D eigenvalue weighted by Crippen LogP contribution is -2.46. The quantitative estimate of drug-likeness (QED) is 0.752. The Morgan fingerprint density at radius 3 is 2.62 bits per heavy atom. The summed E-state index contributed by atoms with van der Waals surface area (Å²) in [5, 5.41) is 12.8. The van der Waals surface area contributed by atoms with Crippen molar-refractivity contribution in [1.29, 1.82) is 5.26 Å². The van der Waals surface area contributed by atoms with Gasteiger partial charge in [-0.3, -0.25) is 4.79 Å². The molecule has 0 radical (unpaired) electrons. The van der Waals surface area contributed by atoms with Gasteiger partial charge < -0.3 is 9.88 Å². The Bertz CT molecular complexity index is 815.